The van der Waals surface area contributed by atoms with Gasteiger partial charge in [0.2, 0.25) is 0 Å². The maximum absolute atomic E-state index is 10.6. The van der Waals surface area contributed by atoms with Crippen LogP contribution in [0.3, 0.4) is 0 Å². The average molecular weight is 284 g/mol. The van der Waals surface area contributed by atoms with Crippen molar-refractivity contribution < 1.29 is 9.90 Å². The largest absolute Gasteiger partial charge is 0.481 e. The molecule has 0 radical (unpaired) electrons. The summed E-state index contributed by atoms with van der Waals surface area (Å²) >= 11 is 7.17. The van der Waals surface area contributed by atoms with E-state index in [1.54, 1.807) is 17.0 Å². The highest BCUT2D eigenvalue weighted by atomic mass is 35.5. The van der Waals surface area contributed by atoms with Gasteiger partial charge in [0.15, 0.2) is 5.16 Å². The Morgan fingerprint density at radius 2 is 2.33 bits per heavy atom. The summed E-state index contributed by atoms with van der Waals surface area (Å²) in [7, 11) is 0. The van der Waals surface area contributed by atoms with Gasteiger partial charge in [-0.05, 0) is 24.6 Å². The quantitative estimate of drug-likeness (QED) is 0.873. The van der Waals surface area contributed by atoms with Crippen LogP contribution in [-0.4, -0.2) is 31.6 Å². The molecule has 0 aliphatic carbocycles. The minimum atomic E-state index is -0.891. The van der Waals surface area contributed by atoms with Crippen molar-refractivity contribution in [3.8, 4) is 5.69 Å². The Labute approximate surface area is 113 Å². The van der Waals surface area contributed by atoms with Crippen LogP contribution >= 0.6 is 23.4 Å². The third-order valence-electron chi connectivity index (χ3n) is 2.34. The number of rotatable bonds is 4. The molecule has 0 unspecified atom stereocenters. The van der Waals surface area contributed by atoms with Gasteiger partial charge in [-0.15, -0.1) is 10.2 Å². The number of carboxylic acids is 1. The first-order chi connectivity index (χ1) is 8.59. The average Bonchev–Trinajstić information content (AvgIpc) is 2.78. The predicted octanol–water partition coefficient (Wildman–Crippen LogP) is 2.41. The van der Waals surface area contributed by atoms with Crippen LogP contribution in [-0.2, 0) is 4.79 Å². The first-order valence-electron chi connectivity index (χ1n) is 5.09. The Bertz CT molecular complexity index is 585. The van der Waals surface area contributed by atoms with E-state index >= 15 is 0 Å². The van der Waals surface area contributed by atoms with Gasteiger partial charge in [-0.25, -0.2) is 0 Å². The van der Waals surface area contributed by atoms with E-state index in [4.69, 9.17) is 16.7 Å². The van der Waals surface area contributed by atoms with Crippen LogP contribution in [0.4, 0.5) is 0 Å². The number of hydrogen-bond acceptors (Lipinski definition) is 4. The molecule has 1 aromatic carbocycles. The van der Waals surface area contributed by atoms with Gasteiger partial charge >= 0.3 is 5.97 Å². The number of nitrogens with zero attached hydrogens (tertiary/aromatic N) is 3. The van der Waals surface area contributed by atoms with Crippen molar-refractivity contribution in [2.24, 2.45) is 0 Å². The Kier molecular flexibility index (Phi) is 3.88. The molecule has 2 rings (SSSR count). The standard InChI is InChI=1S/C11H10ClN3O2S/c1-7-8(12)3-2-4-9(7)15-6-13-14-11(15)18-5-10(16)17/h2-4,6H,5H2,1H3,(H,16,17). The maximum atomic E-state index is 10.6. The molecule has 0 aliphatic heterocycles. The van der Waals surface area contributed by atoms with E-state index in [1.807, 2.05) is 19.1 Å². The first-order valence-corrected chi connectivity index (χ1v) is 6.46. The minimum Gasteiger partial charge on any atom is -0.481 e. The second-order valence-corrected chi connectivity index (χ2v) is 4.90. The zero-order valence-corrected chi connectivity index (χ0v) is 11.1. The van der Waals surface area contributed by atoms with E-state index in [0.717, 1.165) is 23.0 Å². The van der Waals surface area contributed by atoms with Crippen molar-refractivity contribution >= 4 is 29.3 Å². The molecule has 94 valence electrons. The van der Waals surface area contributed by atoms with Crippen molar-refractivity contribution in [1.29, 1.82) is 0 Å². The van der Waals surface area contributed by atoms with Crippen LogP contribution in [0.5, 0.6) is 0 Å². The summed E-state index contributed by atoms with van der Waals surface area (Å²) in [6.07, 6.45) is 1.54. The third kappa shape index (κ3) is 2.65. The van der Waals surface area contributed by atoms with Gasteiger partial charge in [0.25, 0.3) is 0 Å². The van der Waals surface area contributed by atoms with Crippen molar-refractivity contribution in [2.75, 3.05) is 5.75 Å². The molecule has 0 saturated heterocycles. The predicted molar refractivity (Wildman–Crippen MR) is 69.5 cm³/mol. The van der Waals surface area contributed by atoms with Gasteiger partial charge in [-0.3, -0.25) is 9.36 Å². The molecule has 7 heteroatoms. The Hall–Kier alpha value is -1.53. The lowest BCUT2D eigenvalue weighted by molar-refractivity contribution is -0.133. The highest BCUT2D eigenvalue weighted by Gasteiger charge is 2.11. The first kappa shape index (κ1) is 12.9. The van der Waals surface area contributed by atoms with Gasteiger partial charge < -0.3 is 5.11 Å². The summed E-state index contributed by atoms with van der Waals surface area (Å²) in [4.78, 5) is 10.6. The number of carbonyl (C=O) groups is 1. The van der Waals surface area contributed by atoms with Crippen molar-refractivity contribution in [2.45, 2.75) is 12.1 Å². The van der Waals surface area contributed by atoms with Gasteiger partial charge in [0.1, 0.15) is 6.33 Å². The van der Waals surface area contributed by atoms with E-state index in [1.165, 1.54) is 0 Å². The summed E-state index contributed by atoms with van der Waals surface area (Å²) in [5.41, 5.74) is 1.75. The maximum Gasteiger partial charge on any atom is 0.313 e. The number of aliphatic carboxylic acids is 1. The lowest BCUT2D eigenvalue weighted by Crippen LogP contribution is -2.02. The van der Waals surface area contributed by atoms with Crippen molar-refractivity contribution in [3.63, 3.8) is 0 Å². The molecule has 0 spiro atoms. The molecule has 0 atom stereocenters. The van der Waals surface area contributed by atoms with Gasteiger partial charge in [0, 0.05) is 5.02 Å². The Morgan fingerprint density at radius 3 is 3.06 bits per heavy atom. The molecule has 0 aliphatic rings. The van der Waals surface area contributed by atoms with E-state index in [9.17, 15) is 4.79 Å². The van der Waals surface area contributed by atoms with Crippen LogP contribution < -0.4 is 0 Å². The lowest BCUT2D eigenvalue weighted by atomic mass is 10.2. The van der Waals surface area contributed by atoms with Gasteiger partial charge in [-0.1, -0.05) is 29.4 Å². The Morgan fingerprint density at radius 1 is 1.56 bits per heavy atom. The van der Waals surface area contributed by atoms with E-state index < -0.39 is 5.97 Å². The molecule has 0 amide bonds. The molecule has 1 heterocycles. The summed E-state index contributed by atoms with van der Waals surface area (Å²) < 4.78 is 1.73. The van der Waals surface area contributed by atoms with Gasteiger partial charge in [0.05, 0.1) is 11.4 Å². The Balaban J connectivity index is 2.36. The number of carboxylic acid groups (broad SMARTS) is 1. The summed E-state index contributed by atoms with van der Waals surface area (Å²) in [6.45, 7) is 1.89. The number of hydrogen-bond donors (Lipinski definition) is 1. The summed E-state index contributed by atoms with van der Waals surface area (Å²) in [5, 5.41) is 17.6. The zero-order valence-electron chi connectivity index (χ0n) is 9.50. The fraction of sp³-hybridized carbons (Fsp3) is 0.182. The highest BCUT2D eigenvalue weighted by Crippen LogP contribution is 2.25. The van der Waals surface area contributed by atoms with E-state index in [2.05, 4.69) is 10.2 Å². The molecular weight excluding hydrogens is 274 g/mol. The van der Waals surface area contributed by atoms with Crippen molar-refractivity contribution in [3.05, 3.63) is 35.1 Å². The van der Waals surface area contributed by atoms with Crippen LogP contribution in [0.15, 0.2) is 29.7 Å². The molecule has 0 saturated carbocycles. The SMILES string of the molecule is Cc1c(Cl)cccc1-n1cnnc1SCC(=O)O. The second-order valence-electron chi connectivity index (χ2n) is 3.55. The minimum absolute atomic E-state index is 0.0572. The van der Waals surface area contributed by atoms with Crippen LogP contribution in [0.25, 0.3) is 5.69 Å². The normalized spacial score (nSPS) is 10.6. The van der Waals surface area contributed by atoms with E-state index in [-0.39, 0.29) is 5.75 Å². The second kappa shape index (κ2) is 5.41. The molecule has 18 heavy (non-hydrogen) atoms. The summed E-state index contributed by atoms with van der Waals surface area (Å²) in [6, 6.07) is 5.51. The number of aromatic nitrogens is 3. The van der Waals surface area contributed by atoms with Gasteiger partial charge in [-0.2, -0.15) is 0 Å². The number of thioether (sulfide) groups is 1. The molecular formula is C11H10ClN3O2S. The number of halogens is 1. The molecule has 5 nitrogen and oxygen atoms in total. The fourth-order valence-corrected chi connectivity index (χ4v) is 2.28. The van der Waals surface area contributed by atoms with Crippen LogP contribution in [0.1, 0.15) is 5.56 Å². The molecule has 1 N–H and O–H groups in total. The molecule has 2 aromatic rings. The molecule has 0 fully saturated rings. The monoisotopic (exact) mass is 283 g/mol. The van der Waals surface area contributed by atoms with Crippen molar-refractivity contribution in [1.82, 2.24) is 14.8 Å². The lowest BCUT2D eigenvalue weighted by Gasteiger charge is -2.09. The third-order valence-corrected chi connectivity index (χ3v) is 3.68. The van der Waals surface area contributed by atoms with E-state index in [0.29, 0.717) is 10.2 Å². The smallest absolute Gasteiger partial charge is 0.313 e. The molecule has 0 bridgehead atoms. The topological polar surface area (TPSA) is 68.0 Å². The zero-order chi connectivity index (χ0) is 13.1. The fourth-order valence-electron chi connectivity index (χ4n) is 1.47. The van der Waals surface area contributed by atoms with Crippen LogP contribution in [0.2, 0.25) is 5.02 Å². The highest BCUT2D eigenvalue weighted by molar-refractivity contribution is 7.99. The summed E-state index contributed by atoms with van der Waals surface area (Å²) in [5.74, 6) is -0.949. The number of benzene rings is 1. The molecule has 1 aromatic heterocycles. The van der Waals surface area contributed by atoms with Crippen LogP contribution in [0, 0.1) is 6.92 Å².